The number of methoxy groups -OCH3 is 1. The van der Waals surface area contributed by atoms with Gasteiger partial charge < -0.3 is 15.2 Å². The van der Waals surface area contributed by atoms with E-state index in [-0.39, 0.29) is 11.7 Å². The van der Waals surface area contributed by atoms with Crippen molar-refractivity contribution in [3.63, 3.8) is 0 Å². The van der Waals surface area contributed by atoms with Gasteiger partial charge in [-0.25, -0.2) is 9.78 Å². The molecule has 0 bridgehead atoms. The number of hydrogen-bond donors (Lipinski definition) is 3. The number of aromatic nitrogens is 3. The van der Waals surface area contributed by atoms with Crippen molar-refractivity contribution < 1.29 is 24.2 Å². The minimum atomic E-state index is -1.39. The third kappa shape index (κ3) is 4.04. The van der Waals surface area contributed by atoms with Gasteiger partial charge in [0.15, 0.2) is 0 Å². The fourth-order valence-corrected chi connectivity index (χ4v) is 1.31. The molecule has 0 unspecified atom stereocenters. The van der Waals surface area contributed by atoms with Crippen molar-refractivity contribution in [3.05, 3.63) is 11.6 Å². The maximum atomic E-state index is 11.8. The summed E-state index contributed by atoms with van der Waals surface area (Å²) in [5.41, 5.74) is 0. The number of aromatic amines is 1. The van der Waals surface area contributed by atoms with E-state index in [1.807, 2.05) is 13.8 Å². The number of rotatable bonds is 6. The first kappa shape index (κ1) is 15.6. The third-order valence-corrected chi connectivity index (χ3v) is 2.45. The van der Waals surface area contributed by atoms with Gasteiger partial charge in [-0.2, -0.15) is 0 Å². The van der Waals surface area contributed by atoms with E-state index in [1.165, 1.54) is 0 Å². The van der Waals surface area contributed by atoms with Crippen LogP contribution in [0.15, 0.2) is 0 Å². The van der Waals surface area contributed by atoms with E-state index in [4.69, 9.17) is 5.11 Å². The van der Waals surface area contributed by atoms with Crippen molar-refractivity contribution >= 4 is 17.8 Å². The maximum Gasteiger partial charge on any atom is 0.326 e. The summed E-state index contributed by atoms with van der Waals surface area (Å²) >= 11 is 0. The van der Waals surface area contributed by atoms with E-state index >= 15 is 0 Å². The van der Waals surface area contributed by atoms with Gasteiger partial charge in [0.2, 0.25) is 5.82 Å². The molecule has 0 spiro atoms. The zero-order valence-electron chi connectivity index (χ0n) is 11.3. The topological polar surface area (TPSA) is 134 Å². The average molecular weight is 284 g/mol. The highest BCUT2D eigenvalue weighted by molar-refractivity contribution is 5.94. The molecule has 110 valence electrons. The first-order chi connectivity index (χ1) is 9.35. The molecule has 0 saturated heterocycles. The molecule has 1 aromatic heterocycles. The summed E-state index contributed by atoms with van der Waals surface area (Å²) in [5.74, 6) is -2.47. The summed E-state index contributed by atoms with van der Waals surface area (Å²) in [6.07, 6.45) is -0.473. The molecule has 1 amide bonds. The number of hydrogen-bond acceptors (Lipinski definition) is 6. The number of carboxylic acids is 1. The lowest BCUT2D eigenvalue weighted by Crippen LogP contribution is -2.42. The Balaban J connectivity index is 2.74. The van der Waals surface area contributed by atoms with Gasteiger partial charge in [-0.05, 0) is 0 Å². The predicted octanol–water partition coefficient (Wildman–Crippen LogP) is -0.326. The lowest BCUT2D eigenvalue weighted by molar-refractivity contribution is -0.147. The SMILES string of the molecule is COC(=O)C[C@H](NC(=O)c1n[nH]c(C(C)C)n1)C(=O)O. The van der Waals surface area contributed by atoms with E-state index in [9.17, 15) is 14.4 Å². The Labute approximate surface area is 114 Å². The van der Waals surface area contributed by atoms with Gasteiger partial charge >= 0.3 is 11.9 Å². The number of aliphatic carboxylic acids is 1. The zero-order chi connectivity index (χ0) is 15.3. The minimum absolute atomic E-state index is 0.0504. The molecule has 1 aromatic rings. The van der Waals surface area contributed by atoms with Gasteiger partial charge in [0.1, 0.15) is 11.9 Å². The molecule has 3 N–H and O–H groups in total. The molecule has 9 heteroatoms. The molecule has 0 fully saturated rings. The molecule has 0 radical (unpaired) electrons. The van der Waals surface area contributed by atoms with Gasteiger partial charge in [-0.1, -0.05) is 13.8 Å². The number of carboxylic acid groups (broad SMARTS) is 1. The van der Waals surface area contributed by atoms with Crippen LogP contribution in [0.4, 0.5) is 0 Å². The third-order valence-electron chi connectivity index (χ3n) is 2.45. The molecule has 1 heterocycles. The van der Waals surface area contributed by atoms with E-state index in [0.29, 0.717) is 5.82 Å². The number of carbonyl (C=O) groups is 3. The zero-order valence-corrected chi connectivity index (χ0v) is 11.3. The van der Waals surface area contributed by atoms with E-state index in [2.05, 4.69) is 25.2 Å². The largest absolute Gasteiger partial charge is 0.480 e. The molecule has 1 atom stereocenters. The van der Waals surface area contributed by atoms with Crippen LogP contribution in [0.25, 0.3) is 0 Å². The minimum Gasteiger partial charge on any atom is -0.480 e. The summed E-state index contributed by atoms with van der Waals surface area (Å²) in [7, 11) is 1.13. The first-order valence-electron chi connectivity index (χ1n) is 5.88. The van der Waals surface area contributed by atoms with Crippen LogP contribution in [-0.2, 0) is 14.3 Å². The summed E-state index contributed by atoms with van der Waals surface area (Å²) < 4.78 is 4.36. The molecular formula is C11H16N4O5. The molecule has 0 aliphatic carbocycles. The first-order valence-corrected chi connectivity index (χ1v) is 5.88. The maximum absolute atomic E-state index is 11.8. The van der Waals surface area contributed by atoms with Crippen LogP contribution in [-0.4, -0.2) is 51.3 Å². The second-order valence-electron chi connectivity index (χ2n) is 4.34. The molecule has 1 rings (SSSR count). The highest BCUT2D eigenvalue weighted by atomic mass is 16.5. The fourth-order valence-electron chi connectivity index (χ4n) is 1.31. The standard InChI is InChI=1S/C11H16N4O5/c1-5(2)8-13-9(15-14-8)10(17)12-6(11(18)19)4-7(16)20-3/h5-6H,4H2,1-3H3,(H,12,17)(H,18,19)(H,13,14,15)/t6-/m0/s1. The van der Waals surface area contributed by atoms with Gasteiger partial charge in [0.05, 0.1) is 13.5 Å². The number of carbonyl (C=O) groups excluding carboxylic acids is 2. The number of ether oxygens (including phenoxy) is 1. The highest BCUT2D eigenvalue weighted by Crippen LogP contribution is 2.07. The normalized spacial score (nSPS) is 12.0. The average Bonchev–Trinajstić information content (AvgIpc) is 2.87. The summed E-state index contributed by atoms with van der Waals surface area (Å²) in [6.45, 7) is 3.72. The Kier molecular flexibility index (Phi) is 5.18. The molecule has 9 nitrogen and oxygen atoms in total. The number of amides is 1. The molecule has 0 aromatic carbocycles. The van der Waals surface area contributed by atoms with E-state index in [1.54, 1.807) is 0 Å². The summed E-state index contributed by atoms with van der Waals surface area (Å²) in [5, 5.41) is 17.4. The second kappa shape index (κ2) is 6.64. The van der Waals surface area contributed by atoms with Crippen molar-refractivity contribution in [2.45, 2.75) is 32.2 Å². The number of esters is 1. The Morgan fingerprint density at radius 3 is 2.50 bits per heavy atom. The molecule has 0 aliphatic heterocycles. The van der Waals surface area contributed by atoms with Crippen LogP contribution >= 0.6 is 0 Å². The van der Waals surface area contributed by atoms with Crippen LogP contribution < -0.4 is 5.32 Å². The van der Waals surface area contributed by atoms with Crippen LogP contribution in [0, 0.1) is 0 Å². The van der Waals surface area contributed by atoms with E-state index in [0.717, 1.165) is 7.11 Å². The molecular weight excluding hydrogens is 268 g/mol. The van der Waals surface area contributed by atoms with E-state index < -0.39 is 30.3 Å². The van der Waals surface area contributed by atoms with Crippen molar-refractivity contribution in [2.75, 3.05) is 7.11 Å². The monoisotopic (exact) mass is 284 g/mol. The summed E-state index contributed by atoms with van der Waals surface area (Å²) in [6, 6.07) is -1.39. The number of H-pyrrole nitrogens is 1. The van der Waals surface area contributed by atoms with Crippen LogP contribution in [0.3, 0.4) is 0 Å². The van der Waals surface area contributed by atoms with Crippen LogP contribution in [0.1, 0.15) is 42.6 Å². The van der Waals surface area contributed by atoms with Gasteiger partial charge in [-0.3, -0.25) is 14.7 Å². The van der Waals surface area contributed by atoms with Gasteiger partial charge in [-0.15, -0.1) is 5.10 Å². The van der Waals surface area contributed by atoms with Gasteiger partial charge in [0.25, 0.3) is 5.91 Å². The van der Waals surface area contributed by atoms with Crippen molar-refractivity contribution in [3.8, 4) is 0 Å². The van der Waals surface area contributed by atoms with Crippen molar-refractivity contribution in [2.24, 2.45) is 0 Å². The van der Waals surface area contributed by atoms with Crippen LogP contribution in [0.5, 0.6) is 0 Å². The lowest BCUT2D eigenvalue weighted by atomic mass is 10.2. The number of nitrogens with zero attached hydrogens (tertiary/aromatic N) is 2. The summed E-state index contributed by atoms with van der Waals surface area (Å²) in [4.78, 5) is 37.8. The Morgan fingerprint density at radius 2 is 2.05 bits per heavy atom. The Hall–Kier alpha value is -2.45. The molecule has 0 saturated carbocycles. The second-order valence-corrected chi connectivity index (χ2v) is 4.34. The Bertz CT molecular complexity index is 511. The van der Waals surface area contributed by atoms with Crippen molar-refractivity contribution in [1.29, 1.82) is 0 Å². The molecule has 20 heavy (non-hydrogen) atoms. The fraction of sp³-hybridized carbons (Fsp3) is 0.545. The highest BCUT2D eigenvalue weighted by Gasteiger charge is 2.26. The smallest absolute Gasteiger partial charge is 0.326 e. The lowest BCUT2D eigenvalue weighted by Gasteiger charge is -2.11. The quantitative estimate of drug-likeness (QED) is 0.609. The van der Waals surface area contributed by atoms with Crippen LogP contribution in [0.2, 0.25) is 0 Å². The molecule has 0 aliphatic rings. The van der Waals surface area contributed by atoms with Gasteiger partial charge in [0, 0.05) is 5.92 Å². The Morgan fingerprint density at radius 1 is 1.40 bits per heavy atom. The predicted molar refractivity (Wildman–Crippen MR) is 66.0 cm³/mol. The van der Waals surface area contributed by atoms with Crippen molar-refractivity contribution in [1.82, 2.24) is 20.5 Å². The number of nitrogens with one attached hydrogen (secondary N) is 2.